The molecule has 28 heavy (non-hydrogen) atoms. The van der Waals surface area contributed by atoms with E-state index in [-0.39, 0.29) is 18.4 Å². The van der Waals surface area contributed by atoms with Crippen LogP contribution < -0.4 is 10.1 Å². The smallest absolute Gasteiger partial charge is 0.244 e. The quantitative estimate of drug-likeness (QED) is 0.681. The molecule has 0 unspecified atom stereocenters. The number of amides is 2. The summed E-state index contributed by atoms with van der Waals surface area (Å²) in [5.74, 6) is 0.985. The SMILES string of the molecule is CC(=O)N(CC(=O)Nc1ccc(Oc2ccccc2)cc1)Cc1ccncc1. The standard InChI is InChI=1S/C22H21N3O3/c1-17(26)25(15-18-11-13-23-14-12-18)16-22(27)24-19-7-9-21(10-8-19)28-20-5-3-2-4-6-20/h2-14H,15-16H2,1H3,(H,24,27). The van der Waals surface area contributed by atoms with Crippen LogP contribution in [0.15, 0.2) is 79.1 Å². The molecular weight excluding hydrogens is 354 g/mol. The van der Waals surface area contributed by atoms with Gasteiger partial charge in [-0.1, -0.05) is 18.2 Å². The molecule has 1 heterocycles. The summed E-state index contributed by atoms with van der Waals surface area (Å²) in [4.78, 5) is 29.7. The van der Waals surface area contributed by atoms with Crippen molar-refractivity contribution in [1.29, 1.82) is 0 Å². The van der Waals surface area contributed by atoms with Gasteiger partial charge in [0.25, 0.3) is 0 Å². The van der Waals surface area contributed by atoms with Gasteiger partial charge < -0.3 is 15.0 Å². The molecule has 6 nitrogen and oxygen atoms in total. The monoisotopic (exact) mass is 375 g/mol. The molecule has 142 valence electrons. The molecule has 3 rings (SSSR count). The van der Waals surface area contributed by atoms with E-state index in [9.17, 15) is 9.59 Å². The van der Waals surface area contributed by atoms with Crippen LogP contribution in [0.25, 0.3) is 0 Å². The minimum Gasteiger partial charge on any atom is -0.457 e. The highest BCUT2D eigenvalue weighted by molar-refractivity contribution is 5.94. The Morgan fingerprint density at radius 3 is 2.21 bits per heavy atom. The predicted molar refractivity (Wildman–Crippen MR) is 107 cm³/mol. The number of pyridine rings is 1. The van der Waals surface area contributed by atoms with Crippen molar-refractivity contribution in [1.82, 2.24) is 9.88 Å². The number of benzene rings is 2. The third-order valence-corrected chi connectivity index (χ3v) is 4.02. The molecule has 0 fully saturated rings. The Balaban J connectivity index is 1.56. The minimum atomic E-state index is -0.263. The molecule has 0 saturated carbocycles. The fourth-order valence-electron chi connectivity index (χ4n) is 2.59. The molecule has 0 aliphatic heterocycles. The van der Waals surface area contributed by atoms with E-state index in [2.05, 4.69) is 10.3 Å². The van der Waals surface area contributed by atoms with Crippen LogP contribution in [0.4, 0.5) is 5.69 Å². The van der Waals surface area contributed by atoms with Crippen LogP contribution in [-0.2, 0) is 16.1 Å². The Kier molecular flexibility index (Phi) is 6.36. The number of carbonyl (C=O) groups excluding carboxylic acids is 2. The van der Waals surface area contributed by atoms with Crippen LogP contribution in [-0.4, -0.2) is 28.2 Å². The van der Waals surface area contributed by atoms with Crippen molar-refractivity contribution in [2.45, 2.75) is 13.5 Å². The van der Waals surface area contributed by atoms with E-state index in [1.165, 1.54) is 11.8 Å². The van der Waals surface area contributed by atoms with Crippen LogP contribution in [0.5, 0.6) is 11.5 Å². The van der Waals surface area contributed by atoms with Gasteiger partial charge in [-0.05, 0) is 54.1 Å². The molecule has 2 aromatic carbocycles. The van der Waals surface area contributed by atoms with E-state index in [4.69, 9.17) is 4.74 Å². The maximum absolute atomic E-state index is 12.3. The Hall–Kier alpha value is -3.67. The lowest BCUT2D eigenvalue weighted by Gasteiger charge is -2.20. The highest BCUT2D eigenvalue weighted by atomic mass is 16.5. The highest BCUT2D eigenvalue weighted by Crippen LogP contribution is 2.22. The Labute approximate surface area is 163 Å². The van der Waals surface area contributed by atoms with Gasteiger partial charge in [-0.25, -0.2) is 0 Å². The molecule has 1 aromatic heterocycles. The number of ether oxygens (including phenoxy) is 1. The topological polar surface area (TPSA) is 71.5 Å². The molecule has 0 aliphatic carbocycles. The second kappa shape index (κ2) is 9.32. The summed E-state index contributed by atoms with van der Waals surface area (Å²) >= 11 is 0. The third-order valence-electron chi connectivity index (χ3n) is 4.02. The van der Waals surface area contributed by atoms with Gasteiger partial charge in [0.05, 0.1) is 0 Å². The summed E-state index contributed by atoms with van der Waals surface area (Å²) in [5.41, 5.74) is 1.55. The lowest BCUT2D eigenvalue weighted by Crippen LogP contribution is -2.36. The van der Waals surface area contributed by atoms with Gasteiger partial charge in [0.2, 0.25) is 11.8 Å². The zero-order valence-electron chi connectivity index (χ0n) is 15.5. The van der Waals surface area contributed by atoms with Crippen molar-refractivity contribution in [3.63, 3.8) is 0 Å². The normalized spacial score (nSPS) is 10.2. The van der Waals surface area contributed by atoms with E-state index >= 15 is 0 Å². The summed E-state index contributed by atoms with van der Waals surface area (Å²) in [6.45, 7) is 1.78. The lowest BCUT2D eigenvalue weighted by molar-refractivity contribution is -0.133. The maximum atomic E-state index is 12.3. The summed E-state index contributed by atoms with van der Waals surface area (Å²) in [6.07, 6.45) is 3.32. The summed E-state index contributed by atoms with van der Waals surface area (Å²) in [7, 11) is 0. The number of rotatable bonds is 7. The third kappa shape index (κ3) is 5.67. The first-order valence-corrected chi connectivity index (χ1v) is 8.87. The molecule has 2 amide bonds. The van der Waals surface area contributed by atoms with Crippen molar-refractivity contribution in [3.05, 3.63) is 84.7 Å². The Morgan fingerprint density at radius 2 is 1.57 bits per heavy atom. The molecule has 0 radical (unpaired) electrons. The van der Waals surface area contributed by atoms with E-state index in [0.29, 0.717) is 18.0 Å². The largest absolute Gasteiger partial charge is 0.457 e. The van der Waals surface area contributed by atoms with Crippen molar-refractivity contribution in [3.8, 4) is 11.5 Å². The number of hydrogen-bond donors (Lipinski definition) is 1. The predicted octanol–water partition coefficient (Wildman–Crippen LogP) is 3.86. The first-order chi connectivity index (χ1) is 13.6. The average molecular weight is 375 g/mol. The fraction of sp³-hybridized carbons (Fsp3) is 0.136. The van der Waals surface area contributed by atoms with Gasteiger partial charge in [0, 0.05) is 31.5 Å². The van der Waals surface area contributed by atoms with Crippen LogP contribution in [0.3, 0.4) is 0 Å². The molecule has 0 saturated heterocycles. The number of aromatic nitrogens is 1. The van der Waals surface area contributed by atoms with Gasteiger partial charge in [0.15, 0.2) is 0 Å². The molecule has 0 aliphatic rings. The van der Waals surface area contributed by atoms with E-state index in [1.54, 1.807) is 36.7 Å². The van der Waals surface area contributed by atoms with E-state index in [0.717, 1.165) is 11.3 Å². The van der Waals surface area contributed by atoms with Crippen molar-refractivity contribution < 1.29 is 14.3 Å². The second-order valence-corrected chi connectivity index (χ2v) is 6.22. The summed E-state index contributed by atoms with van der Waals surface area (Å²) < 4.78 is 5.73. The Bertz CT molecular complexity index is 913. The first kappa shape index (κ1) is 19.1. The second-order valence-electron chi connectivity index (χ2n) is 6.22. The van der Waals surface area contributed by atoms with Crippen molar-refractivity contribution >= 4 is 17.5 Å². The summed E-state index contributed by atoms with van der Waals surface area (Å²) in [5, 5.41) is 2.80. The van der Waals surface area contributed by atoms with Crippen molar-refractivity contribution in [2.24, 2.45) is 0 Å². The number of nitrogens with one attached hydrogen (secondary N) is 1. The molecule has 0 atom stereocenters. The van der Waals surface area contributed by atoms with Gasteiger partial charge >= 0.3 is 0 Å². The van der Waals surface area contributed by atoms with Crippen LogP contribution in [0.2, 0.25) is 0 Å². The van der Waals surface area contributed by atoms with Gasteiger partial charge in [-0.2, -0.15) is 0 Å². The molecule has 1 N–H and O–H groups in total. The number of nitrogens with zero attached hydrogens (tertiary/aromatic N) is 2. The van der Waals surface area contributed by atoms with Crippen LogP contribution in [0.1, 0.15) is 12.5 Å². The molecule has 6 heteroatoms. The average Bonchev–Trinajstić information content (AvgIpc) is 2.70. The molecule has 3 aromatic rings. The fourth-order valence-corrected chi connectivity index (χ4v) is 2.59. The number of anilines is 1. The zero-order chi connectivity index (χ0) is 19.8. The van der Waals surface area contributed by atoms with E-state index in [1.807, 2.05) is 42.5 Å². The number of carbonyl (C=O) groups is 2. The Morgan fingerprint density at radius 1 is 0.929 bits per heavy atom. The van der Waals surface area contributed by atoms with Gasteiger partial charge in [-0.3, -0.25) is 14.6 Å². The molecular formula is C22H21N3O3. The summed E-state index contributed by atoms with van der Waals surface area (Å²) in [6, 6.07) is 20.2. The van der Waals surface area contributed by atoms with E-state index < -0.39 is 0 Å². The zero-order valence-corrected chi connectivity index (χ0v) is 15.5. The molecule has 0 bridgehead atoms. The van der Waals surface area contributed by atoms with Gasteiger partial charge in [0.1, 0.15) is 18.0 Å². The number of hydrogen-bond acceptors (Lipinski definition) is 4. The van der Waals surface area contributed by atoms with Crippen molar-refractivity contribution in [2.75, 3.05) is 11.9 Å². The van der Waals surface area contributed by atoms with Crippen LogP contribution in [0, 0.1) is 0 Å². The number of para-hydroxylation sites is 1. The van der Waals surface area contributed by atoms with Gasteiger partial charge in [-0.15, -0.1) is 0 Å². The lowest BCUT2D eigenvalue weighted by atomic mass is 10.2. The first-order valence-electron chi connectivity index (χ1n) is 8.87. The maximum Gasteiger partial charge on any atom is 0.244 e. The minimum absolute atomic E-state index is 0.0279. The van der Waals surface area contributed by atoms with Crippen LogP contribution >= 0.6 is 0 Å². The molecule has 0 spiro atoms. The highest BCUT2D eigenvalue weighted by Gasteiger charge is 2.14.